The third kappa shape index (κ3) is 4.82. The van der Waals surface area contributed by atoms with Gasteiger partial charge in [0.2, 0.25) is 0 Å². The van der Waals surface area contributed by atoms with Gasteiger partial charge in [0.25, 0.3) is 5.91 Å². The van der Waals surface area contributed by atoms with Crippen LogP contribution in [0.4, 0.5) is 4.79 Å². The number of likely N-dealkylation sites (tertiary alicyclic amines) is 1. The first kappa shape index (κ1) is 23.8. The lowest BCUT2D eigenvalue weighted by atomic mass is 9.74. The number of piperidine rings is 1. The molecule has 1 aromatic carbocycles. The van der Waals surface area contributed by atoms with Crippen LogP contribution in [0.3, 0.4) is 0 Å². The molecule has 3 aliphatic heterocycles. The second-order valence-corrected chi connectivity index (χ2v) is 9.44. The number of carbonyl (C=O) groups excluding carboxylic acids is 2. The molecule has 3 fully saturated rings. The average molecular weight is 460 g/mol. The fourth-order valence-corrected chi connectivity index (χ4v) is 5.67. The smallest absolute Gasteiger partial charge is 0.325 e. The number of urea groups is 1. The molecule has 182 valence electrons. The summed E-state index contributed by atoms with van der Waals surface area (Å²) in [6.45, 7) is 5.76. The lowest BCUT2D eigenvalue weighted by Crippen LogP contribution is -2.56. The summed E-state index contributed by atoms with van der Waals surface area (Å²) in [6.07, 6.45) is 5.17. The van der Waals surface area contributed by atoms with Gasteiger partial charge in [-0.1, -0.05) is 19.4 Å². The van der Waals surface area contributed by atoms with Gasteiger partial charge in [0.05, 0.1) is 26.9 Å². The zero-order chi connectivity index (χ0) is 23.4. The molecule has 1 aromatic rings. The molecule has 4 rings (SSSR count). The summed E-state index contributed by atoms with van der Waals surface area (Å²) in [5, 5.41) is 3.14. The minimum Gasteiger partial charge on any atom is -0.493 e. The van der Waals surface area contributed by atoms with Crippen LogP contribution in [0.15, 0.2) is 18.2 Å². The summed E-state index contributed by atoms with van der Waals surface area (Å²) in [7, 11) is 3.29. The van der Waals surface area contributed by atoms with Gasteiger partial charge in [0, 0.05) is 13.2 Å². The Morgan fingerprint density at radius 1 is 1.12 bits per heavy atom. The summed E-state index contributed by atoms with van der Waals surface area (Å²) in [4.78, 5) is 30.2. The van der Waals surface area contributed by atoms with Crippen molar-refractivity contribution < 1.29 is 23.8 Å². The van der Waals surface area contributed by atoms with Crippen molar-refractivity contribution in [2.24, 2.45) is 5.92 Å². The number of ether oxygens (including phenoxy) is 3. The van der Waals surface area contributed by atoms with E-state index in [1.54, 1.807) is 14.2 Å². The number of rotatable bonds is 9. The zero-order valence-corrected chi connectivity index (χ0v) is 20.1. The molecule has 0 saturated carbocycles. The predicted octanol–water partition coefficient (Wildman–Crippen LogP) is 3.19. The molecule has 8 nitrogen and oxygen atoms in total. The summed E-state index contributed by atoms with van der Waals surface area (Å²) in [6, 6.07) is 5.77. The van der Waals surface area contributed by atoms with Crippen LogP contribution in [0, 0.1) is 5.92 Å². The molecule has 0 radical (unpaired) electrons. The Bertz CT molecular complexity index is 848. The topological polar surface area (TPSA) is 80.3 Å². The molecule has 0 spiro atoms. The average Bonchev–Trinajstić information content (AvgIpc) is 3.43. The van der Waals surface area contributed by atoms with Crippen LogP contribution in [0.2, 0.25) is 0 Å². The van der Waals surface area contributed by atoms with Crippen LogP contribution in [-0.2, 0) is 16.1 Å². The molecule has 0 unspecified atom stereocenters. The normalized spacial score (nSPS) is 26.6. The molecule has 0 aliphatic carbocycles. The van der Waals surface area contributed by atoms with Gasteiger partial charge in [-0.05, 0) is 68.8 Å². The number of nitrogens with one attached hydrogen (secondary N) is 1. The van der Waals surface area contributed by atoms with Crippen molar-refractivity contribution in [2.75, 3.05) is 40.5 Å². The maximum Gasteiger partial charge on any atom is 0.325 e. The monoisotopic (exact) mass is 459 g/mol. The molecule has 33 heavy (non-hydrogen) atoms. The standard InChI is InChI=1S/C25H37N3O5/c1-4-11-25(23(29)28(24(30)26-25)17-20-6-5-14-33-20)19-9-12-27(13-10-19)16-18-7-8-21(31-2)22(15-18)32-3/h7-8,15,19-20H,4-6,9-14,16-17H2,1-3H3,(H,26,30)/t20-,25+/m1/s1. The highest BCUT2D eigenvalue weighted by Crippen LogP contribution is 2.38. The van der Waals surface area contributed by atoms with Crippen molar-refractivity contribution in [2.45, 2.75) is 63.6 Å². The lowest BCUT2D eigenvalue weighted by molar-refractivity contribution is -0.135. The predicted molar refractivity (Wildman–Crippen MR) is 124 cm³/mol. The zero-order valence-electron chi connectivity index (χ0n) is 20.1. The molecule has 3 heterocycles. The van der Waals surface area contributed by atoms with Crippen molar-refractivity contribution >= 4 is 11.9 Å². The fraction of sp³-hybridized carbons (Fsp3) is 0.680. The highest BCUT2D eigenvalue weighted by Gasteiger charge is 2.55. The van der Waals surface area contributed by atoms with E-state index in [0.717, 1.165) is 63.2 Å². The Labute approximate surface area is 196 Å². The Morgan fingerprint density at radius 2 is 1.88 bits per heavy atom. The highest BCUT2D eigenvalue weighted by molar-refractivity contribution is 6.07. The van der Waals surface area contributed by atoms with E-state index < -0.39 is 5.54 Å². The molecule has 1 N–H and O–H groups in total. The Kier molecular flexibility index (Phi) is 7.44. The van der Waals surface area contributed by atoms with Crippen LogP contribution in [0.1, 0.15) is 51.0 Å². The largest absolute Gasteiger partial charge is 0.493 e. The molecule has 0 aromatic heterocycles. The van der Waals surface area contributed by atoms with Gasteiger partial charge < -0.3 is 19.5 Å². The first-order chi connectivity index (χ1) is 16.0. The van der Waals surface area contributed by atoms with Crippen LogP contribution in [-0.4, -0.2) is 73.8 Å². The van der Waals surface area contributed by atoms with Crippen LogP contribution in [0.5, 0.6) is 11.5 Å². The summed E-state index contributed by atoms with van der Waals surface area (Å²) in [5.74, 6) is 1.55. The highest BCUT2D eigenvalue weighted by atomic mass is 16.5. The third-order valence-corrected chi connectivity index (χ3v) is 7.40. The number of amides is 3. The number of imide groups is 1. The first-order valence-corrected chi connectivity index (χ1v) is 12.2. The molecule has 2 atom stereocenters. The van der Waals surface area contributed by atoms with Gasteiger partial charge in [0.15, 0.2) is 11.5 Å². The maximum atomic E-state index is 13.6. The van der Waals surface area contributed by atoms with Crippen LogP contribution >= 0.6 is 0 Å². The lowest BCUT2D eigenvalue weighted by Gasteiger charge is -2.41. The van der Waals surface area contributed by atoms with Gasteiger partial charge >= 0.3 is 6.03 Å². The number of hydrogen-bond donors (Lipinski definition) is 1. The van der Waals surface area contributed by atoms with E-state index in [1.807, 2.05) is 12.1 Å². The number of nitrogens with zero attached hydrogens (tertiary/aromatic N) is 2. The maximum absolute atomic E-state index is 13.6. The molecular weight excluding hydrogens is 422 g/mol. The van der Waals surface area contributed by atoms with Crippen molar-refractivity contribution in [3.05, 3.63) is 23.8 Å². The number of hydrogen-bond acceptors (Lipinski definition) is 6. The van der Waals surface area contributed by atoms with Crippen LogP contribution in [0.25, 0.3) is 0 Å². The van der Waals surface area contributed by atoms with Crippen molar-refractivity contribution in [1.82, 2.24) is 15.1 Å². The molecular formula is C25H37N3O5. The summed E-state index contributed by atoms with van der Waals surface area (Å²) >= 11 is 0. The molecule has 3 aliphatic rings. The van der Waals surface area contributed by atoms with Gasteiger partial charge in [-0.2, -0.15) is 0 Å². The molecule has 3 amide bonds. The van der Waals surface area contributed by atoms with E-state index in [-0.39, 0.29) is 24.0 Å². The SMILES string of the molecule is CCC[C@@]1(C2CCN(Cc3ccc(OC)c(OC)c3)CC2)NC(=O)N(C[C@H]2CCCO2)C1=O. The van der Waals surface area contributed by atoms with E-state index in [2.05, 4.69) is 23.2 Å². The van der Waals surface area contributed by atoms with E-state index in [9.17, 15) is 9.59 Å². The minimum atomic E-state index is -0.778. The van der Waals surface area contributed by atoms with Gasteiger partial charge in [-0.3, -0.25) is 14.6 Å². The van der Waals surface area contributed by atoms with Crippen molar-refractivity contribution in [3.8, 4) is 11.5 Å². The van der Waals surface area contributed by atoms with Crippen molar-refractivity contribution in [3.63, 3.8) is 0 Å². The summed E-state index contributed by atoms with van der Waals surface area (Å²) in [5.41, 5.74) is 0.391. The fourth-order valence-electron chi connectivity index (χ4n) is 5.67. The number of carbonyl (C=O) groups is 2. The second kappa shape index (κ2) is 10.3. The minimum absolute atomic E-state index is 0.0274. The second-order valence-electron chi connectivity index (χ2n) is 9.44. The van der Waals surface area contributed by atoms with E-state index in [4.69, 9.17) is 14.2 Å². The van der Waals surface area contributed by atoms with Crippen LogP contribution < -0.4 is 14.8 Å². The number of benzene rings is 1. The van der Waals surface area contributed by atoms with E-state index in [1.165, 1.54) is 10.5 Å². The van der Waals surface area contributed by atoms with Crippen molar-refractivity contribution in [1.29, 1.82) is 0 Å². The molecule has 3 saturated heterocycles. The molecule has 8 heteroatoms. The third-order valence-electron chi connectivity index (χ3n) is 7.40. The Hall–Kier alpha value is -2.32. The Morgan fingerprint density at radius 3 is 2.52 bits per heavy atom. The van der Waals surface area contributed by atoms with Gasteiger partial charge in [-0.15, -0.1) is 0 Å². The van der Waals surface area contributed by atoms with E-state index in [0.29, 0.717) is 19.6 Å². The quantitative estimate of drug-likeness (QED) is 0.572. The van der Waals surface area contributed by atoms with Gasteiger partial charge in [-0.25, -0.2) is 4.79 Å². The van der Waals surface area contributed by atoms with Gasteiger partial charge in [0.1, 0.15) is 5.54 Å². The first-order valence-electron chi connectivity index (χ1n) is 12.2. The summed E-state index contributed by atoms with van der Waals surface area (Å²) < 4.78 is 16.5. The molecule has 0 bridgehead atoms. The Balaban J connectivity index is 1.40. The van der Waals surface area contributed by atoms with E-state index >= 15 is 0 Å². The number of methoxy groups -OCH3 is 2.